The molecule has 2 N–H and O–H groups in total. The van der Waals surface area contributed by atoms with Gasteiger partial charge in [0.15, 0.2) is 5.82 Å². The normalized spacial score (nSPS) is 10.6. The first kappa shape index (κ1) is 19.4. The van der Waals surface area contributed by atoms with E-state index in [-0.39, 0.29) is 11.6 Å². The minimum Gasteiger partial charge on any atom is -0.467 e. The molecule has 30 heavy (non-hydrogen) atoms. The SMILES string of the molecule is CCc1ccccc1NC(=O)c1cc(NCc2ccco2)nc(-c2ccccc2)n1. The molecule has 0 saturated carbocycles. The Hall–Kier alpha value is -3.93. The van der Waals surface area contributed by atoms with Crippen LogP contribution in [0.2, 0.25) is 0 Å². The average Bonchev–Trinajstić information content (AvgIpc) is 3.32. The van der Waals surface area contributed by atoms with Gasteiger partial charge in [0.1, 0.15) is 17.3 Å². The van der Waals surface area contributed by atoms with Gasteiger partial charge in [-0.15, -0.1) is 0 Å². The van der Waals surface area contributed by atoms with E-state index in [0.29, 0.717) is 18.2 Å². The van der Waals surface area contributed by atoms with Crippen molar-refractivity contribution in [1.82, 2.24) is 9.97 Å². The van der Waals surface area contributed by atoms with Gasteiger partial charge in [0.2, 0.25) is 0 Å². The first-order valence-electron chi connectivity index (χ1n) is 9.83. The van der Waals surface area contributed by atoms with Crippen LogP contribution in [-0.2, 0) is 13.0 Å². The number of hydrogen-bond donors (Lipinski definition) is 2. The molecule has 0 aliphatic carbocycles. The van der Waals surface area contributed by atoms with Crippen molar-refractivity contribution in [3.8, 4) is 11.4 Å². The molecule has 6 nitrogen and oxygen atoms in total. The van der Waals surface area contributed by atoms with Crippen LogP contribution >= 0.6 is 0 Å². The lowest BCUT2D eigenvalue weighted by Crippen LogP contribution is -2.16. The molecule has 0 unspecified atom stereocenters. The summed E-state index contributed by atoms with van der Waals surface area (Å²) in [6.07, 6.45) is 2.45. The second kappa shape index (κ2) is 9.05. The van der Waals surface area contributed by atoms with Crippen LogP contribution in [0.15, 0.2) is 83.5 Å². The molecule has 0 fully saturated rings. The minimum atomic E-state index is -0.281. The maximum Gasteiger partial charge on any atom is 0.274 e. The van der Waals surface area contributed by atoms with E-state index in [4.69, 9.17) is 4.42 Å². The van der Waals surface area contributed by atoms with Gasteiger partial charge in [0.05, 0.1) is 12.8 Å². The molecule has 0 spiro atoms. The highest BCUT2D eigenvalue weighted by molar-refractivity contribution is 6.04. The van der Waals surface area contributed by atoms with Crippen LogP contribution in [0.4, 0.5) is 11.5 Å². The van der Waals surface area contributed by atoms with Crippen molar-refractivity contribution in [3.05, 3.63) is 96.1 Å². The molecule has 4 rings (SSSR count). The van der Waals surface area contributed by atoms with Gasteiger partial charge in [0.25, 0.3) is 5.91 Å². The van der Waals surface area contributed by atoms with Crippen LogP contribution in [0, 0.1) is 0 Å². The van der Waals surface area contributed by atoms with Crippen LogP contribution in [-0.4, -0.2) is 15.9 Å². The first-order valence-corrected chi connectivity index (χ1v) is 9.83. The summed E-state index contributed by atoms with van der Waals surface area (Å²) in [4.78, 5) is 22.1. The zero-order valence-electron chi connectivity index (χ0n) is 16.6. The van der Waals surface area contributed by atoms with Gasteiger partial charge in [-0.25, -0.2) is 9.97 Å². The fourth-order valence-electron chi connectivity index (χ4n) is 3.10. The number of nitrogens with one attached hydrogen (secondary N) is 2. The molecule has 0 saturated heterocycles. The largest absolute Gasteiger partial charge is 0.467 e. The molecule has 2 aromatic heterocycles. The van der Waals surface area contributed by atoms with Gasteiger partial charge in [0, 0.05) is 17.3 Å². The number of hydrogen-bond acceptors (Lipinski definition) is 5. The maximum absolute atomic E-state index is 13.0. The number of nitrogens with zero attached hydrogens (tertiary/aromatic N) is 2. The third-order valence-corrected chi connectivity index (χ3v) is 4.66. The molecule has 2 aromatic carbocycles. The van der Waals surface area contributed by atoms with E-state index in [1.807, 2.05) is 66.7 Å². The smallest absolute Gasteiger partial charge is 0.274 e. The Balaban J connectivity index is 1.65. The zero-order valence-corrected chi connectivity index (χ0v) is 16.6. The highest BCUT2D eigenvalue weighted by Crippen LogP contribution is 2.21. The van der Waals surface area contributed by atoms with Gasteiger partial charge >= 0.3 is 0 Å². The molecule has 0 atom stereocenters. The van der Waals surface area contributed by atoms with E-state index >= 15 is 0 Å². The topological polar surface area (TPSA) is 80.0 Å². The number of anilines is 2. The molecule has 0 radical (unpaired) electrons. The zero-order chi connectivity index (χ0) is 20.8. The van der Waals surface area contributed by atoms with Crippen molar-refractivity contribution in [3.63, 3.8) is 0 Å². The van der Waals surface area contributed by atoms with Crippen LogP contribution in [0.3, 0.4) is 0 Å². The van der Waals surface area contributed by atoms with Crippen molar-refractivity contribution in [2.24, 2.45) is 0 Å². The van der Waals surface area contributed by atoms with E-state index in [9.17, 15) is 4.79 Å². The Bertz CT molecular complexity index is 1130. The summed E-state index contributed by atoms with van der Waals surface area (Å²) in [5, 5.41) is 6.19. The second-order valence-corrected chi connectivity index (χ2v) is 6.73. The lowest BCUT2D eigenvalue weighted by Gasteiger charge is -2.12. The summed E-state index contributed by atoms with van der Waals surface area (Å²) in [5.41, 5.74) is 2.98. The predicted molar refractivity (Wildman–Crippen MR) is 117 cm³/mol. The van der Waals surface area contributed by atoms with E-state index in [1.54, 1.807) is 12.3 Å². The summed E-state index contributed by atoms with van der Waals surface area (Å²) >= 11 is 0. The molecular formula is C24H22N4O2. The molecule has 0 aliphatic rings. The monoisotopic (exact) mass is 398 g/mol. The van der Waals surface area contributed by atoms with Gasteiger partial charge in [-0.05, 0) is 30.2 Å². The summed E-state index contributed by atoms with van der Waals surface area (Å²) in [7, 11) is 0. The van der Waals surface area contributed by atoms with E-state index in [1.165, 1.54) is 0 Å². The molecule has 2 heterocycles. The first-order chi connectivity index (χ1) is 14.7. The van der Waals surface area contributed by atoms with Crippen molar-refractivity contribution >= 4 is 17.4 Å². The highest BCUT2D eigenvalue weighted by Gasteiger charge is 2.15. The Morgan fingerprint density at radius 1 is 0.967 bits per heavy atom. The van der Waals surface area contributed by atoms with Gasteiger partial charge in [-0.1, -0.05) is 55.5 Å². The predicted octanol–water partition coefficient (Wildman–Crippen LogP) is 5.16. The Labute approximate surface area is 175 Å². The van der Waals surface area contributed by atoms with Crippen molar-refractivity contribution in [2.75, 3.05) is 10.6 Å². The van der Waals surface area contributed by atoms with Crippen molar-refractivity contribution in [2.45, 2.75) is 19.9 Å². The standard InChI is InChI=1S/C24H22N4O2/c1-2-17-9-6-7-13-20(17)27-24(29)21-15-22(25-16-19-12-8-14-30-19)28-23(26-21)18-10-4-3-5-11-18/h3-15H,2,16H2,1H3,(H,27,29)(H,25,26,28). The van der Waals surface area contributed by atoms with E-state index in [0.717, 1.165) is 29.0 Å². The Morgan fingerprint density at radius 2 is 1.77 bits per heavy atom. The molecule has 6 heteroatoms. The molecule has 4 aromatic rings. The number of carbonyl (C=O) groups is 1. The summed E-state index contributed by atoms with van der Waals surface area (Å²) in [5.74, 6) is 1.53. The Kier molecular flexibility index (Phi) is 5.85. The number of aryl methyl sites for hydroxylation is 1. The van der Waals surface area contributed by atoms with Crippen molar-refractivity contribution < 1.29 is 9.21 Å². The molecule has 1 amide bonds. The van der Waals surface area contributed by atoms with Crippen LogP contribution in [0.25, 0.3) is 11.4 Å². The van der Waals surface area contributed by atoms with Gasteiger partial charge in [-0.3, -0.25) is 4.79 Å². The van der Waals surface area contributed by atoms with E-state index < -0.39 is 0 Å². The second-order valence-electron chi connectivity index (χ2n) is 6.73. The summed E-state index contributed by atoms with van der Waals surface area (Å²) < 4.78 is 5.37. The number of para-hydroxylation sites is 1. The highest BCUT2D eigenvalue weighted by atomic mass is 16.3. The van der Waals surface area contributed by atoms with Gasteiger partial charge < -0.3 is 15.1 Å². The summed E-state index contributed by atoms with van der Waals surface area (Å²) in [6, 6.07) is 22.7. The third-order valence-electron chi connectivity index (χ3n) is 4.66. The van der Waals surface area contributed by atoms with Crippen molar-refractivity contribution in [1.29, 1.82) is 0 Å². The minimum absolute atomic E-state index is 0.281. The van der Waals surface area contributed by atoms with Crippen LogP contribution < -0.4 is 10.6 Å². The number of benzene rings is 2. The molecular weight excluding hydrogens is 376 g/mol. The molecule has 150 valence electrons. The van der Waals surface area contributed by atoms with Gasteiger partial charge in [-0.2, -0.15) is 0 Å². The Morgan fingerprint density at radius 3 is 2.53 bits per heavy atom. The number of amides is 1. The maximum atomic E-state index is 13.0. The van der Waals surface area contributed by atoms with E-state index in [2.05, 4.69) is 27.5 Å². The van der Waals surface area contributed by atoms with Crippen LogP contribution in [0.5, 0.6) is 0 Å². The average molecular weight is 398 g/mol. The number of carbonyl (C=O) groups excluding carboxylic acids is 1. The molecule has 0 bridgehead atoms. The quantitative estimate of drug-likeness (QED) is 0.449. The molecule has 0 aliphatic heterocycles. The third kappa shape index (κ3) is 4.55. The summed E-state index contributed by atoms with van der Waals surface area (Å²) in [6.45, 7) is 2.51. The fourth-order valence-corrected chi connectivity index (χ4v) is 3.10. The number of rotatable bonds is 7. The number of aromatic nitrogens is 2. The fraction of sp³-hybridized carbons (Fsp3) is 0.125. The lowest BCUT2D eigenvalue weighted by molar-refractivity contribution is 0.102. The number of furan rings is 1. The lowest BCUT2D eigenvalue weighted by atomic mass is 10.1. The van der Waals surface area contributed by atoms with Crippen LogP contribution in [0.1, 0.15) is 28.7 Å².